The van der Waals surface area contributed by atoms with Crippen LogP contribution < -0.4 is 14.8 Å². The maximum atomic E-state index is 11.3. The second-order valence-corrected chi connectivity index (χ2v) is 11.1. The number of hydrogen-bond donors (Lipinski definition) is 1. The van der Waals surface area contributed by atoms with Crippen molar-refractivity contribution in [2.45, 2.75) is 58.0 Å². The molecule has 3 aromatic carbocycles. The standard InChI is InChI=1S/C19H21NO.C16H21NO2/c1-20(2)13-7-11-17-16-9-4-3-8-15(16)14-21-19-12-6-5-10-18(17)19;1-2-15(18)17-9-7-12-4-3-11-5-6-14-13(16(11)12)8-10-19-14/h3-6,8-12H,7,13-14H2,1-2H3;5-6,12H,2-4,7-10H2,1H3,(H,17,18)/b17-11+;/t;12-/m.0/s1. The number of hydrogen-bond acceptors (Lipinski definition) is 4. The molecule has 1 N–H and O–H groups in total. The Morgan fingerprint density at radius 1 is 0.950 bits per heavy atom. The lowest BCUT2D eigenvalue weighted by Gasteiger charge is -2.15. The summed E-state index contributed by atoms with van der Waals surface area (Å²) >= 11 is 0. The molecule has 2 aliphatic heterocycles. The van der Waals surface area contributed by atoms with Gasteiger partial charge in [-0.15, -0.1) is 0 Å². The van der Waals surface area contributed by atoms with Crippen LogP contribution in [0.15, 0.2) is 66.7 Å². The van der Waals surface area contributed by atoms with Gasteiger partial charge in [-0.2, -0.15) is 0 Å². The molecule has 0 bridgehead atoms. The summed E-state index contributed by atoms with van der Waals surface area (Å²) in [6.45, 7) is 5.20. The fourth-order valence-electron chi connectivity index (χ4n) is 6.06. The van der Waals surface area contributed by atoms with Gasteiger partial charge < -0.3 is 19.7 Å². The van der Waals surface area contributed by atoms with Crippen LogP contribution in [0.2, 0.25) is 0 Å². The van der Waals surface area contributed by atoms with E-state index in [1.165, 1.54) is 51.8 Å². The molecule has 0 radical (unpaired) electrons. The molecule has 0 saturated carbocycles. The molecule has 0 unspecified atom stereocenters. The number of carbonyl (C=O) groups is 1. The molecule has 1 aliphatic carbocycles. The summed E-state index contributed by atoms with van der Waals surface area (Å²) in [5.41, 5.74) is 9.49. The van der Waals surface area contributed by atoms with E-state index in [9.17, 15) is 4.79 Å². The average Bonchev–Trinajstić information content (AvgIpc) is 3.58. The number of aryl methyl sites for hydroxylation is 1. The fourth-order valence-corrected chi connectivity index (χ4v) is 6.06. The molecule has 0 spiro atoms. The number of rotatable bonds is 7. The van der Waals surface area contributed by atoms with Crippen LogP contribution in [0.5, 0.6) is 11.5 Å². The Labute approximate surface area is 239 Å². The smallest absolute Gasteiger partial charge is 0.219 e. The Bertz CT molecular complexity index is 1310. The molecule has 1 atom stereocenters. The van der Waals surface area contributed by atoms with Crippen LogP contribution in [0.1, 0.15) is 71.9 Å². The van der Waals surface area contributed by atoms with Gasteiger partial charge >= 0.3 is 0 Å². The topological polar surface area (TPSA) is 50.8 Å². The van der Waals surface area contributed by atoms with Crippen LogP contribution in [0.25, 0.3) is 5.57 Å². The van der Waals surface area contributed by atoms with Crippen molar-refractivity contribution in [2.24, 2.45) is 0 Å². The zero-order valence-corrected chi connectivity index (χ0v) is 24.2. The van der Waals surface area contributed by atoms with Crippen molar-refractivity contribution in [2.75, 3.05) is 33.8 Å². The number of fused-ring (bicyclic) bond motifs is 5. The lowest BCUT2D eigenvalue weighted by Crippen LogP contribution is -2.24. The summed E-state index contributed by atoms with van der Waals surface area (Å²) in [5.74, 6) is 2.82. The highest BCUT2D eigenvalue weighted by molar-refractivity contribution is 5.84. The Morgan fingerprint density at radius 2 is 1.75 bits per heavy atom. The molecule has 3 aromatic rings. The van der Waals surface area contributed by atoms with Gasteiger partial charge in [0.05, 0.1) is 6.61 Å². The third kappa shape index (κ3) is 6.42. The number of ether oxygens (including phenoxy) is 2. The van der Waals surface area contributed by atoms with Crippen molar-refractivity contribution in [3.63, 3.8) is 0 Å². The fraction of sp³-hybridized carbons (Fsp3) is 0.400. The molecule has 6 rings (SSSR count). The van der Waals surface area contributed by atoms with Crippen LogP contribution in [0.3, 0.4) is 0 Å². The minimum Gasteiger partial charge on any atom is -0.493 e. The van der Waals surface area contributed by atoms with Crippen molar-refractivity contribution in [3.8, 4) is 11.5 Å². The Hall–Kier alpha value is -3.57. The highest BCUT2D eigenvalue weighted by Gasteiger charge is 2.29. The maximum absolute atomic E-state index is 11.3. The van der Waals surface area contributed by atoms with E-state index in [1.807, 2.05) is 13.0 Å². The first-order chi connectivity index (χ1) is 19.5. The second kappa shape index (κ2) is 13.2. The largest absolute Gasteiger partial charge is 0.493 e. The van der Waals surface area contributed by atoms with E-state index in [1.54, 1.807) is 0 Å². The number of nitrogens with zero attached hydrogens (tertiary/aromatic N) is 1. The van der Waals surface area contributed by atoms with E-state index in [4.69, 9.17) is 9.47 Å². The van der Waals surface area contributed by atoms with E-state index >= 15 is 0 Å². The van der Waals surface area contributed by atoms with Crippen LogP contribution >= 0.6 is 0 Å². The van der Waals surface area contributed by atoms with Crippen molar-refractivity contribution in [1.82, 2.24) is 10.2 Å². The molecule has 0 saturated heterocycles. The predicted octanol–water partition coefficient (Wildman–Crippen LogP) is 6.53. The van der Waals surface area contributed by atoms with Gasteiger partial charge in [-0.3, -0.25) is 4.79 Å². The molecule has 5 heteroatoms. The van der Waals surface area contributed by atoms with E-state index in [0.717, 1.165) is 50.5 Å². The highest BCUT2D eigenvalue weighted by Crippen LogP contribution is 2.43. The second-order valence-electron chi connectivity index (χ2n) is 11.1. The van der Waals surface area contributed by atoms with Crippen molar-refractivity contribution >= 4 is 11.5 Å². The van der Waals surface area contributed by atoms with E-state index in [0.29, 0.717) is 18.9 Å². The minimum absolute atomic E-state index is 0.153. The Kier molecular flexibility index (Phi) is 9.22. The summed E-state index contributed by atoms with van der Waals surface area (Å²) in [6, 6.07) is 21.2. The zero-order valence-electron chi connectivity index (χ0n) is 24.2. The number of amides is 1. The molecule has 5 nitrogen and oxygen atoms in total. The first-order valence-electron chi connectivity index (χ1n) is 14.7. The van der Waals surface area contributed by atoms with Crippen LogP contribution in [0, 0.1) is 0 Å². The third-order valence-corrected chi connectivity index (χ3v) is 8.11. The van der Waals surface area contributed by atoms with Gasteiger partial charge in [0.2, 0.25) is 5.91 Å². The summed E-state index contributed by atoms with van der Waals surface area (Å²) in [6.07, 6.45) is 8.44. The predicted molar refractivity (Wildman–Crippen MR) is 162 cm³/mol. The SMILES string of the molecule is CCC(=O)NCC[C@@H]1CCc2ccc3c(c21)CCO3.CN(C)CC/C=C1\c2ccccc2COc2ccccc21. The van der Waals surface area contributed by atoms with Gasteiger partial charge in [-0.1, -0.05) is 61.5 Å². The monoisotopic (exact) mass is 538 g/mol. The molecule has 1 amide bonds. The van der Waals surface area contributed by atoms with Gasteiger partial charge in [0, 0.05) is 37.1 Å². The summed E-state index contributed by atoms with van der Waals surface area (Å²) in [4.78, 5) is 13.5. The van der Waals surface area contributed by atoms with Gasteiger partial charge in [0.15, 0.2) is 0 Å². The Morgan fingerprint density at radius 3 is 2.58 bits per heavy atom. The molecule has 40 heavy (non-hydrogen) atoms. The lowest BCUT2D eigenvalue weighted by atomic mass is 9.92. The summed E-state index contributed by atoms with van der Waals surface area (Å²) < 4.78 is 11.6. The number of nitrogens with one attached hydrogen (secondary N) is 1. The van der Waals surface area contributed by atoms with Gasteiger partial charge in [-0.05, 0) is 85.7 Å². The van der Waals surface area contributed by atoms with Gasteiger partial charge in [0.25, 0.3) is 0 Å². The third-order valence-electron chi connectivity index (χ3n) is 8.11. The van der Waals surface area contributed by atoms with E-state index in [-0.39, 0.29) is 5.91 Å². The van der Waals surface area contributed by atoms with Crippen LogP contribution in [-0.4, -0.2) is 44.6 Å². The maximum Gasteiger partial charge on any atom is 0.219 e. The van der Waals surface area contributed by atoms with Crippen molar-refractivity contribution < 1.29 is 14.3 Å². The highest BCUT2D eigenvalue weighted by atomic mass is 16.5. The van der Waals surface area contributed by atoms with E-state index < -0.39 is 0 Å². The molecular formula is C35H42N2O3. The van der Waals surface area contributed by atoms with Gasteiger partial charge in [0.1, 0.15) is 18.1 Å². The molecule has 2 heterocycles. The van der Waals surface area contributed by atoms with E-state index in [2.05, 4.69) is 85.0 Å². The number of benzene rings is 3. The molecule has 3 aliphatic rings. The Balaban J connectivity index is 0.000000162. The zero-order chi connectivity index (χ0) is 27.9. The minimum atomic E-state index is 0.153. The average molecular weight is 539 g/mol. The first-order valence-corrected chi connectivity index (χ1v) is 14.7. The van der Waals surface area contributed by atoms with Gasteiger partial charge in [-0.25, -0.2) is 0 Å². The lowest BCUT2D eigenvalue weighted by molar-refractivity contribution is -0.120. The molecule has 0 fully saturated rings. The van der Waals surface area contributed by atoms with Crippen LogP contribution in [0.4, 0.5) is 0 Å². The number of para-hydroxylation sites is 1. The van der Waals surface area contributed by atoms with Crippen molar-refractivity contribution in [3.05, 3.63) is 100 Å². The van der Waals surface area contributed by atoms with Crippen LogP contribution in [-0.2, 0) is 24.2 Å². The first kappa shape index (κ1) is 28.0. The summed E-state index contributed by atoms with van der Waals surface area (Å²) in [5, 5.41) is 2.99. The molecule has 210 valence electrons. The molecular weight excluding hydrogens is 496 g/mol. The number of carbonyl (C=O) groups excluding carboxylic acids is 1. The van der Waals surface area contributed by atoms with Crippen molar-refractivity contribution in [1.29, 1.82) is 0 Å². The normalized spacial score (nSPS) is 17.4. The summed E-state index contributed by atoms with van der Waals surface area (Å²) in [7, 11) is 4.22. The quantitative estimate of drug-likeness (QED) is 0.372. The molecule has 0 aromatic heterocycles.